The Hall–Kier alpha value is -1.67. The predicted molar refractivity (Wildman–Crippen MR) is 193 cm³/mol. The van der Waals surface area contributed by atoms with Crippen LogP contribution in [0, 0.1) is 0 Å². The van der Waals surface area contributed by atoms with Crippen molar-refractivity contribution in [3.05, 3.63) is 0 Å². The van der Waals surface area contributed by atoms with Crippen LogP contribution in [0.1, 0.15) is 174 Å². The molecule has 47 heavy (non-hydrogen) atoms. The summed E-state index contributed by atoms with van der Waals surface area (Å²) in [5.41, 5.74) is 0. The van der Waals surface area contributed by atoms with Crippen molar-refractivity contribution in [2.45, 2.75) is 180 Å². The molecule has 1 atom stereocenters. The molecule has 8 nitrogen and oxygen atoms in total. The maximum atomic E-state index is 12.6. The molecule has 0 radical (unpaired) electrons. The van der Waals surface area contributed by atoms with E-state index in [4.69, 9.17) is 14.2 Å². The highest BCUT2D eigenvalue weighted by molar-refractivity contribution is 5.70. The van der Waals surface area contributed by atoms with Gasteiger partial charge in [-0.3, -0.25) is 19.3 Å². The van der Waals surface area contributed by atoms with Gasteiger partial charge in [0.15, 0.2) is 0 Å². The van der Waals surface area contributed by atoms with Gasteiger partial charge in [0.2, 0.25) is 0 Å². The molecule has 0 aliphatic carbocycles. The number of hydrogen-bond donors (Lipinski definition) is 0. The Morgan fingerprint density at radius 1 is 0.596 bits per heavy atom. The van der Waals surface area contributed by atoms with E-state index in [9.17, 15) is 14.4 Å². The molecule has 8 heteroatoms. The summed E-state index contributed by atoms with van der Waals surface area (Å²) in [6, 6.07) is 0.296. The van der Waals surface area contributed by atoms with Crippen LogP contribution in [-0.4, -0.2) is 86.8 Å². The lowest BCUT2D eigenvalue weighted by Gasteiger charge is -2.30. The summed E-state index contributed by atoms with van der Waals surface area (Å²) in [5.74, 6) is -0.519. The highest BCUT2D eigenvalue weighted by Crippen LogP contribution is 2.19. The molecule has 1 heterocycles. The molecule has 0 aromatic heterocycles. The van der Waals surface area contributed by atoms with Crippen molar-refractivity contribution in [3.63, 3.8) is 0 Å². The number of hydrogen-bond acceptors (Lipinski definition) is 8. The monoisotopic (exact) mass is 667 g/mol. The summed E-state index contributed by atoms with van der Waals surface area (Å²) < 4.78 is 16.0. The van der Waals surface area contributed by atoms with Crippen LogP contribution in [0.3, 0.4) is 0 Å². The number of likely N-dealkylation sites (tertiary alicyclic amines) is 1. The largest absolute Gasteiger partial charge is 0.469 e. The van der Waals surface area contributed by atoms with E-state index in [1.165, 1.54) is 110 Å². The first-order chi connectivity index (χ1) is 23.0. The van der Waals surface area contributed by atoms with Gasteiger partial charge < -0.3 is 19.1 Å². The van der Waals surface area contributed by atoms with Crippen LogP contribution in [0.4, 0.5) is 0 Å². The minimum absolute atomic E-state index is 0.163. The first-order valence-electron chi connectivity index (χ1n) is 19.8. The molecule has 1 rings (SSSR count). The van der Waals surface area contributed by atoms with Crippen LogP contribution in [-0.2, 0) is 28.6 Å². The fourth-order valence-corrected chi connectivity index (χ4v) is 6.52. The average molecular weight is 667 g/mol. The van der Waals surface area contributed by atoms with E-state index < -0.39 is 0 Å². The summed E-state index contributed by atoms with van der Waals surface area (Å²) in [7, 11) is 1.43. The third-order valence-corrected chi connectivity index (χ3v) is 9.59. The van der Waals surface area contributed by atoms with E-state index in [0.29, 0.717) is 58.2 Å². The number of esters is 3. The van der Waals surface area contributed by atoms with Crippen LogP contribution < -0.4 is 0 Å². The molecule has 1 fully saturated rings. The van der Waals surface area contributed by atoms with E-state index in [1.807, 2.05) is 0 Å². The van der Waals surface area contributed by atoms with Crippen LogP contribution in [0.25, 0.3) is 0 Å². The van der Waals surface area contributed by atoms with Crippen molar-refractivity contribution in [1.29, 1.82) is 0 Å². The van der Waals surface area contributed by atoms with Crippen molar-refractivity contribution >= 4 is 17.9 Å². The molecule has 276 valence electrons. The summed E-state index contributed by atoms with van der Waals surface area (Å²) in [6.45, 7) is 9.00. The number of unbranched alkanes of at least 4 members (excludes halogenated alkanes) is 18. The Labute approximate surface area is 289 Å². The number of ether oxygens (including phenoxy) is 3. The Bertz CT molecular complexity index is 722. The maximum absolute atomic E-state index is 12.6. The van der Waals surface area contributed by atoms with Crippen molar-refractivity contribution < 1.29 is 28.6 Å². The molecule has 0 amide bonds. The summed E-state index contributed by atoms with van der Waals surface area (Å²) >= 11 is 0. The summed E-state index contributed by atoms with van der Waals surface area (Å²) in [5, 5.41) is 0. The third-order valence-electron chi connectivity index (χ3n) is 9.59. The normalized spacial score (nSPS) is 14.9. The van der Waals surface area contributed by atoms with Gasteiger partial charge in [0.05, 0.1) is 39.6 Å². The minimum Gasteiger partial charge on any atom is -0.469 e. The van der Waals surface area contributed by atoms with Gasteiger partial charge in [-0.25, -0.2) is 0 Å². The van der Waals surface area contributed by atoms with Crippen molar-refractivity contribution in [2.24, 2.45) is 0 Å². The van der Waals surface area contributed by atoms with Gasteiger partial charge in [-0.2, -0.15) is 0 Å². The molecule has 1 aliphatic rings. The zero-order chi connectivity index (χ0) is 34.2. The fourth-order valence-electron chi connectivity index (χ4n) is 6.52. The molecule has 0 saturated carbocycles. The number of nitrogens with zero attached hydrogens (tertiary/aromatic N) is 2. The number of carbonyl (C=O) groups is 3. The van der Waals surface area contributed by atoms with E-state index in [-0.39, 0.29) is 17.9 Å². The van der Waals surface area contributed by atoms with Crippen LogP contribution in [0.2, 0.25) is 0 Å². The third kappa shape index (κ3) is 25.9. The Balaban J connectivity index is 2.35. The number of rotatable bonds is 33. The maximum Gasteiger partial charge on any atom is 0.307 e. The number of carbonyl (C=O) groups excluding carboxylic acids is 3. The summed E-state index contributed by atoms with van der Waals surface area (Å²) in [6.07, 6.45) is 28.2. The highest BCUT2D eigenvalue weighted by atomic mass is 16.5. The predicted octanol–water partition coefficient (Wildman–Crippen LogP) is 9.02. The van der Waals surface area contributed by atoms with Crippen LogP contribution in [0.5, 0.6) is 0 Å². The molecular formula is C39H74N2O6. The van der Waals surface area contributed by atoms with Crippen LogP contribution in [0.15, 0.2) is 0 Å². The molecule has 0 bridgehead atoms. The summed E-state index contributed by atoms with van der Waals surface area (Å²) in [4.78, 5) is 41.5. The van der Waals surface area contributed by atoms with Gasteiger partial charge in [-0.1, -0.05) is 129 Å². The molecule has 1 aliphatic heterocycles. The molecule has 0 spiro atoms. The van der Waals surface area contributed by atoms with Gasteiger partial charge in [-0.15, -0.1) is 0 Å². The fraction of sp³-hybridized carbons (Fsp3) is 0.923. The van der Waals surface area contributed by atoms with E-state index in [2.05, 4.69) is 23.6 Å². The lowest BCUT2D eigenvalue weighted by atomic mass is 10.1. The Morgan fingerprint density at radius 3 is 1.45 bits per heavy atom. The molecule has 1 saturated heterocycles. The first kappa shape index (κ1) is 43.4. The smallest absolute Gasteiger partial charge is 0.307 e. The molecule has 0 aromatic carbocycles. The lowest BCUT2D eigenvalue weighted by molar-refractivity contribution is -0.145. The number of methoxy groups -OCH3 is 1. The van der Waals surface area contributed by atoms with E-state index >= 15 is 0 Å². The van der Waals surface area contributed by atoms with Crippen LogP contribution >= 0.6 is 0 Å². The van der Waals surface area contributed by atoms with Gasteiger partial charge in [0.1, 0.15) is 0 Å². The lowest BCUT2D eigenvalue weighted by Crippen LogP contribution is -2.42. The molecule has 0 unspecified atom stereocenters. The quantitative estimate of drug-likeness (QED) is 0.0390. The first-order valence-corrected chi connectivity index (χ1v) is 19.8. The second-order valence-corrected chi connectivity index (χ2v) is 13.8. The topological polar surface area (TPSA) is 85.4 Å². The Morgan fingerprint density at radius 2 is 1.02 bits per heavy atom. The van der Waals surface area contributed by atoms with Gasteiger partial charge in [0, 0.05) is 32.2 Å². The SMILES string of the molecule is CCCCCCCCCCCCOC(=O)CCN(CCC(=O)OCCCCCCCCCCCC)C[C@@H]1CCCN1CCC(=O)OC. The Kier molecular flexibility index (Phi) is 29.1. The zero-order valence-corrected chi connectivity index (χ0v) is 31.0. The average Bonchev–Trinajstić information content (AvgIpc) is 3.52. The zero-order valence-electron chi connectivity index (χ0n) is 31.0. The van der Waals surface area contributed by atoms with Crippen molar-refractivity contribution in [2.75, 3.05) is 53.0 Å². The molecular weight excluding hydrogens is 592 g/mol. The second kappa shape index (κ2) is 31.6. The van der Waals surface area contributed by atoms with Gasteiger partial charge in [0.25, 0.3) is 0 Å². The van der Waals surface area contributed by atoms with Gasteiger partial charge >= 0.3 is 17.9 Å². The van der Waals surface area contributed by atoms with E-state index in [1.54, 1.807) is 0 Å². The van der Waals surface area contributed by atoms with Gasteiger partial charge in [-0.05, 0) is 32.2 Å². The van der Waals surface area contributed by atoms with E-state index in [0.717, 1.165) is 51.6 Å². The van der Waals surface area contributed by atoms with Crippen molar-refractivity contribution in [1.82, 2.24) is 9.80 Å². The molecule has 0 aromatic rings. The standard InChI is InChI=1S/C39H74N2O6/c1-4-6-8-10-12-14-16-18-20-22-33-46-38(43)26-30-40(35-36-25-24-29-41(36)32-28-37(42)45-3)31-27-39(44)47-34-23-21-19-17-15-13-11-9-7-5-2/h36H,4-35H2,1-3H3/t36-/m0/s1. The second-order valence-electron chi connectivity index (χ2n) is 13.8. The minimum atomic E-state index is -0.192. The molecule has 0 N–H and O–H groups in total. The highest BCUT2D eigenvalue weighted by Gasteiger charge is 2.27. The van der Waals surface area contributed by atoms with Crippen molar-refractivity contribution in [3.8, 4) is 0 Å².